The zero-order valence-electron chi connectivity index (χ0n) is 15.4. The van der Waals surface area contributed by atoms with Crippen LogP contribution in [0.5, 0.6) is 0 Å². The van der Waals surface area contributed by atoms with Gasteiger partial charge in [-0.15, -0.1) is 0 Å². The Hall–Kier alpha value is -1.32. The summed E-state index contributed by atoms with van der Waals surface area (Å²) in [4.78, 5) is 12.2. The van der Waals surface area contributed by atoms with Crippen LogP contribution >= 0.6 is 0 Å². The summed E-state index contributed by atoms with van der Waals surface area (Å²) in [6.45, 7) is 8.27. The summed E-state index contributed by atoms with van der Waals surface area (Å²) in [5.41, 5.74) is 1.80. The van der Waals surface area contributed by atoms with Crippen LogP contribution in [-0.2, 0) is 13.0 Å². The number of carbonyl (C=O) groups is 1. The Morgan fingerprint density at radius 2 is 1.65 bits per heavy atom. The molecule has 1 N–H and O–H groups in total. The molecule has 1 aromatic heterocycles. The Morgan fingerprint density at radius 1 is 1.00 bits per heavy atom. The van der Waals surface area contributed by atoms with Gasteiger partial charge in [0.2, 0.25) is 0 Å². The minimum Gasteiger partial charge on any atom is -0.351 e. The lowest BCUT2D eigenvalue weighted by Crippen LogP contribution is -2.25. The van der Waals surface area contributed by atoms with Gasteiger partial charge in [-0.1, -0.05) is 59.3 Å². The van der Waals surface area contributed by atoms with Crippen LogP contribution < -0.4 is 5.32 Å². The van der Waals surface area contributed by atoms with Crippen LogP contribution in [0.25, 0.3) is 0 Å². The molecule has 0 unspecified atom stereocenters. The largest absolute Gasteiger partial charge is 0.351 e. The molecule has 0 atom stereocenters. The van der Waals surface area contributed by atoms with Gasteiger partial charge in [0.25, 0.3) is 5.91 Å². The lowest BCUT2D eigenvalue weighted by molar-refractivity contribution is 0.0947. The third-order valence-corrected chi connectivity index (χ3v) is 4.17. The van der Waals surface area contributed by atoms with E-state index < -0.39 is 0 Å². The number of unbranched alkanes of at least 4 members (excludes halogenated alkanes) is 6. The lowest BCUT2D eigenvalue weighted by Gasteiger charge is -2.06. The summed E-state index contributed by atoms with van der Waals surface area (Å²) in [5, 5.41) is 7.56. The second kappa shape index (κ2) is 12.1. The number of amides is 1. The van der Waals surface area contributed by atoms with E-state index in [-0.39, 0.29) is 5.91 Å². The molecule has 4 heteroatoms. The van der Waals surface area contributed by atoms with Crippen LogP contribution in [0.1, 0.15) is 94.7 Å². The number of aromatic nitrogens is 2. The second-order valence-electron chi connectivity index (χ2n) is 6.37. The minimum absolute atomic E-state index is 0.0212. The van der Waals surface area contributed by atoms with Crippen molar-refractivity contribution < 1.29 is 4.79 Å². The smallest absolute Gasteiger partial charge is 0.271 e. The number of aryl methyl sites for hydroxylation is 2. The predicted octanol–water partition coefficient (Wildman–Crippen LogP) is 4.73. The maximum atomic E-state index is 12.2. The van der Waals surface area contributed by atoms with Gasteiger partial charge in [-0.25, -0.2) is 0 Å². The van der Waals surface area contributed by atoms with Crippen LogP contribution in [0.4, 0.5) is 0 Å². The number of hydrogen-bond acceptors (Lipinski definition) is 2. The highest BCUT2D eigenvalue weighted by Gasteiger charge is 2.13. The average molecular weight is 322 g/mol. The monoisotopic (exact) mass is 321 g/mol. The van der Waals surface area contributed by atoms with Crippen molar-refractivity contribution >= 4 is 5.91 Å². The topological polar surface area (TPSA) is 46.9 Å². The van der Waals surface area contributed by atoms with E-state index in [9.17, 15) is 4.79 Å². The van der Waals surface area contributed by atoms with Gasteiger partial charge in [-0.3, -0.25) is 9.48 Å². The molecule has 1 rings (SSSR count). The van der Waals surface area contributed by atoms with Crippen molar-refractivity contribution in [1.82, 2.24) is 15.1 Å². The average Bonchev–Trinajstić information content (AvgIpc) is 2.95. The molecule has 0 bridgehead atoms. The molecule has 0 saturated carbocycles. The van der Waals surface area contributed by atoms with E-state index in [0.717, 1.165) is 38.8 Å². The first-order valence-electron chi connectivity index (χ1n) is 9.57. The van der Waals surface area contributed by atoms with Crippen LogP contribution in [0.3, 0.4) is 0 Å². The Bertz CT molecular complexity index is 412. The summed E-state index contributed by atoms with van der Waals surface area (Å²) in [7, 11) is 0. The quantitative estimate of drug-likeness (QED) is 0.534. The maximum Gasteiger partial charge on any atom is 0.271 e. The number of nitrogens with one attached hydrogen (secondary N) is 1. The molecule has 1 aromatic rings. The van der Waals surface area contributed by atoms with Gasteiger partial charge in [0.1, 0.15) is 5.69 Å². The van der Waals surface area contributed by atoms with Crippen molar-refractivity contribution in [1.29, 1.82) is 0 Å². The number of nitrogens with zero attached hydrogens (tertiary/aromatic N) is 2. The van der Waals surface area contributed by atoms with Crippen molar-refractivity contribution in [3.05, 3.63) is 17.5 Å². The molecule has 1 amide bonds. The van der Waals surface area contributed by atoms with Gasteiger partial charge in [0.05, 0.1) is 0 Å². The molecule has 0 radical (unpaired) electrons. The van der Waals surface area contributed by atoms with Gasteiger partial charge in [0.15, 0.2) is 0 Å². The first-order valence-corrected chi connectivity index (χ1v) is 9.57. The van der Waals surface area contributed by atoms with Gasteiger partial charge in [0, 0.05) is 18.8 Å². The SMILES string of the molecule is CCCCCNC(=O)c1cc(CCCCC)n(CCCCC)n1. The fourth-order valence-electron chi connectivity index (χ4n) is 2.70. The predicted molar refractivity (Wildman–Crippen MR) is 96.8 cm³/mol. The van der Waals surface area contributed by atoms with Gasteiger partial charge in [-0.05, 0) is 31.7 Å². The normalized spacial score (nSPS) is 10.9. The molecule has 0 aliphatic carbocycles. The summed E-state index contributed by atoms with van der Waals surface area (Å²) < 4.78 is 2.06. The Labute approximate surface area is 142 Å². The highest BCUT2D eigenvalue weighted by molar-refractivity contribution is 5.92. The van der Waals surface area contributed by atoms with Crippen molar-refractivity contribution in [2.45, 2.75) is 91.5 Å². The first-order chi connectivity index (χ1) is 11.2. The van der Waals surface area contributed by atoms with E-state index in [4.69, 9.17) is 0 Å². The molecule has 1 heterocycles. The highest BCUT2D eigenvalue weighted by atomic mass is 16.1. The Balaban J connectivity index is 2.63. The van der Waals surface area contributed by atoms with E-state index in [1.165, 1.54) is 44.2 Å². The molecule has 0 fully saturated rings. The molecule has 0 aliphatic rings. The van der Waals surface area contributed by atoms with Gasteiger partial charge < -0.3 is 5.32 Å². The van der Waals surface area contributed by atoms with Crippen LogP contribution in [-0.4, -0.2) is 22.2 Å². The molecule has 4 nitrogen and oxygen atoms in total. The molecule has 0 aromatic carbocycles. The van der Waals surface area contributed by atoms with E-state index in [0.29, 0.717) is 5.69 Å². The standard InChI is InChI=1S/C19H35N3O/c1-4-7-10-13-17-16-18(19(23)20-14-11-8-5-2)21-22(17)15-12-9-6-3/h16H,4-15H2,1-3H3,(H,20,23). The second-order valence-corrected chi connectivity index (χ2v) is 6.37. The lowest BCUT2D eigenvalue weighted by atomic mass is 10.1. The van der Waals surface area contributed by atoms with Crippen LogP contribution in [0, 0.1) is 0 Å². The zero-order chi connectivity index (χ0) is 16.9. The Morgan fingerprint density at radius 3 is 2.35 bits per heavy atom. The van der Waals surface area contributed by atoms with Gasteiger partial charge >= 0.3 is 0 Å². The van der Waals surface area contributed by atoms with Crippen molar-refractivity contribution in [3.8, 4) is 0 Å². The molecule has 0 spiro atoms. The summed E-state index contributed by atoms with van der Waals surface area (Å²) in [5.74, 6) is -0.0212. The minimum atomic E-state index is -0.0212. The van der Waals surface area contributed by atoms with Crippen molar-refractivity contribution in [2.24, 2.45) is 0 Å². The van der Waals surface area contributed by atoms with Gasteiger partial charge in [-0.2, -0.15) is 5.10 Å². The molecule has 132 valence electrons. The third kappa shape index (κ3) is 7.67. The first kappa shape index (κ1) is 19.7. The van der Waals surface area contributed by atoms with E-state index >= 15 is 0 Å². The number of hydrogen-bond donors (Lipinski definition) is 1. The molecular formula is C19H35N3O. The maximum absolute atomic E-state index is 12.2. The number of rotatable bonds is 13. The van der Waals surface area contributed by atoms with E-state index in [1.54, 1.807) is 0 Å². The van der Waals surface area contributed by atoms with Crippen molar-refractivity contribution in [2.75, 3.05) is 6.54 Å². The van der Waals surface area contributed by atoms with Crippen LogP contribution in [0.15, 0.2) is 6.07 Å². The zero-order valence-corrected chi connectivity index (χ0v) is 15.4. The number of carbonyl (C=O) groups excluding carboxylic acids is 1. The van der Waals surface area contributed by atoms with Crippen LogP contribution in [0.2, 0.25) is 0 Å². The highest BCUT2D eigenvalue weighted by Crippen LogP contribution is 2.12. The summed E-state index contributed by atoms with van der Waals surface area (Å²) >= 11 is 0. The fourth-order valence-corrected chi connectivity index (χ4v) is 2.70. The fraction of sp³-hybridized carbons (Fsp3) is 0.789. The Kier molecular flexibility index (Phi) is 10.4. The molecule has 23 heavy (non-hydrogen) atoms. The molecule has 0 aliphatic heterocycles. The summed E-state index contributed by atoms with van der Waals surface area (Å²) in [6, 6.07) is 2.00. The van der Waals surface area contributed by atoms with E-state index in [1.807, 2.05) is 6.07 Å². The third-order valence-electron chi connectivity index (χ3n) is 4.17. The molecular weight excluding hydrogens is 286 g/mol. The summed E-state index contributed by atoms with van der Waals surface area (Å²) in [6.07, 6.45) is 11.6. The van der Waals surface area contributed by atoms with E-state index in [2.05, 4.69) is 35.9 Å². The molecule has 0 saturated heterocycles. The van der Waals surface area contributed by atoms with Crippen molar-refractivity contribution in [3.63, 3.8) is 0 Å².